The van der Waals surface area contributed by atoms with Crippen molar-refractivity contribution in [1.82, 2.24) is 9.88 Å². The Morgan fingerprint density at radius 2 is 1.65 bits per heavy atom. The molecule has 34 heavy (non-hydrogen) atoms. The van der Waals surface area contributed by atoms with E-state index in [0.29, 0.717) is 34.4 Å². The van der Waals surface area contributed by atoms with Crippen molar-refractivity contribution < 1.29 is 19.0 Å². The third-order valence-electron chi connectivity index (χ3n) is 6.39. The van der Waals surface area contributed by atoms with Gasteiger partial charge in [-0.15, -0.1) is 0 Å². The van der Waals surface area contributed by atoms with Crippen molar-refractivity contribution in [2.24, 2.45) is 0 Å². The van der Waals surface area contributed by atoms with Crippen LogP contribution in [0.15, 0.2) is 60.7 Å². The van der Waals surface area contributed by atoms with Crippen molar-refractivity contribution in [2.45, 2.75) is 12.5 Å². The number of carbonyl (C=O) groups is 1. The first kappa shape index (κ1) is 22.2. The van der Waals surface area contributed by atoms with Crippen LogP contribution in [0.1, 0.15) is 33.2 Å². The minimum absolute atomic E-state index is 0.122. The number of aromatic nitrogens is 1. The van der Waals surface area contributed by atoms with Crippen LogP contribution in [0.2, 0.25) is 5.02 Å². The van der Waals surface area contributed by atoms with Gasteiger partial charge < -0.3 is 24.1 Å². The lowest BCUT2D eigenvalue weighted by molar-refractivity contribution is 0.0691. The van der Waals surface area contributed by atoms with Crippen LogP contribution in [0, 0.1) is 0 Å². The number of rotatable bonds is 5. The fourth-order valence-electron chi connectivity index (χ4n) is 4.82. The zero-order valence-corrected chi connectivity index (χ0v) is 20.0. The molecule has 1 aliphatic rings. The second-order valence-electron chi connectivity index (χ2n) is 8.18. The molecule has 1 aliphatic heterocycles. The van der Waals surface area contributed by atoms with E-state index in [9.17, 15) is 4.79 Å². The molecule has 5 rings (SSSR count). The number of halogens is 1. The van der Waals surface area contributed by atoms with E-state index < -0.39 is 0 Å². The summed E-state index contributed by atoms with van der Waals surface area (Å²) < 4.78 is 16.4. The van der Waals surface area contributed by atoms with Crippen LogP contribution < -0.4 is 14.2 Å². The highest BCUT2D eigenvalue weighted by Gasteiger charge is 2.35. The van der Waals surface area contributed by atoms with E-state index in [4.69, 9.17) is 25.8 Å². The fourth-order valence-corrected chi connectivity index (χ4v) is 4.95. The van der Waals surface area contributed by atoms with Gasteiger partial charge in [-0.3, -0.25) is 4.79 Å². The second-order valence-corrected chi connectivity index (χ2v) is 8.62. The standard InChI is InChI=1S/C27H25ClN2O4/c1-32-22-14-17(15-23(33-2)26(22)34-3)27(31)30-13-12-20-19-6-4-5-7-21(19)29-24(20)25(30)16-8-10-18(28)11-9-16/h4-11,14-15,25,29H,12-13H2,1-3H3/t25-/m1/s1. The molecule has 0 aliphatic carbocycles. The Labute approximate surface area is 203 Å². The average molecular weight is 477 g/mol. The number of nitrogens with zero attached hydrogens (tertiary/aromatic N) is 1. The summed E-state index contributed by atoms with van der Waals surface area (Å²) in [6.45, 7) is 0.567. The molecule has 0 bridgehead atoms. The maximum absolute atomic E-state index is 13.9. The van der Waals surface area contributed by atoms with Crippen molar-refractivity contribution in [3.8, 4) is 17.2 Å². The summed E-state index contributed by atoms with van der Waals surface area (Å²) in [7, 11) is 4.62. The SMILES string of the molecule is COc1cc(C(=O)N2CCc3c([nH]c4ccccc34)[C@H]2c2ccc(Cl)cc2)cc(OC)c1OC. The number of ether oxygens (including phenoxy) is 3. The Morgan fingerprint density at radius 1 is 0.971 bits per heavy atom. The highest BCUT2D eigenvalue weighted by Crippen LogP contribution is 2.42. The molecule has 0 spiro atoms. The number of hydrogen-bond acceptors (Lipinski definition) is 4. The molecule has 1 aromatic heterocycles. The molecule has 2 heterocycles. The normalized spacial score (nSPS) is 15.2. The van der Waals surface area contributed by atoms with Crippen LogP contribution in [0.25, 0.3) is 10.9 Å². The topological polar surface area (TPSA) is 63.8 Å². The number of benzene rings is 3. The number of aromatic amines is 1. The Hall–Kier alpha value is -3.64. The van der Waals surface area contributed by atoms with Crippen LogP contribution in [-0.2, 0) is 6.42 Å². The summed E-state index contributed by atoms with van der Waals surface area (Å²) in [4.78, 5) is 19.4. The van der Waals surface area contributed by atoms with Gasteiger partial charge in [-0.1, -0.05) is 41.9 Å². The van der Waals surface area contributed by atoms with E-state index in [1.54, 1.807) is 33.5 Å². The predicted molar refractivity (Wildman–Crippen MR) is 132 cm³/mol. The lowest BCUT2D eigenvalue weighted by atomic mass is 9.91. The minimum Gasteiger partial charge on any atom is -0.493 e. The van der Waals surface area contributed by atoms with Gasteiger partial charge in [-0.2, -0.15) is 0 Å². The third-order valence-corrected chi connectivity index (χ3v) is 6.64. The Kier molecular flexibility index (Phi) is 5.84. The zero-order chi connectivity index (χ0) is 23.8. The smallest absolute Gasteiger partial charge is 0.254 e. The number of methoxy groups -OCH3 is 3. The van der Waals surface area contributed by atoms with Gasteiger partial charge in [-0.05, 0) is 47.9 Å². The number of carbonyl (C=O) groups excluding carboxylic acids is 1. The van der Waals surface area contributed by atoms with Gasteiger partial charge in [0.05, 0.1) is 27.4 Å². The molecule has 174 valence electrons. The first-order chi connectivity index (χ1) is 16.5. The zero-order valence-electron chi connectivity index (χ0n) is 19.2. The number of H-pyrrole nitrogens is 1. The summed E-state index contributed by atoms with van der Waals surface area (Å²) in [6, 6.07) is 19.0. The fraction of sp³-hybridized carbons (Fsp3) is 0.222. The highest BCUT2D eigenvalue weighted by atomic mass is 35.5. The van der Waals surface area contributed by atoms with Crippen LogP contribution >= 0.6 is 11.6 Å². The summed E-state index contributed by atoms with van der Waals surface area (Å²) >= 11 is 6.18. The quantitative estimate of drug-likeness (QED) is 0.405. The molecule has 7 heteroatoms. The minimum atomic E-state index is -0.292. The van der Waals surface area contributed by atoms with Gasteiger partial charge >= 0.3 is 0 Å². The van der Waals surface area contributed by atoms with Gasteiger partial charge in [0.1, 0.15) is 0 Å². The third kappa shape index (κ3) is 3.64. The maximum Gasteiger partial charge on any atom is 0.254 e. The summed E-state index contributed by atoms with van der Waals surface area (Å²) in [5.41, 5.74) is 4.78. The van der Waals surface area contributed by atoms with E-state index in [2.05, 4.69) is 17.1 Å². The number of para-hydroxylation sites is 1. The predicted octanol–water partition coefficient (Wildman–Crippen LogP) is 5.64. The lowest BCUT2D eigenvalue weighted by Crippen LogP contribution is -2.40. The van der Waals surface area contributed by atoms with Crippen molar-refractivity contribution in [3.63, 3.8) is 0 Å². The second kappa shape index (κ2) is 8.95. The van der Waals surface area contributed by atoms with E-state index in [0.717, 1.165) is 23.2 Å². The highest BCUT2D eigenvalue weighted by molar-refractivity contribution is 6.30. The number of hydrogen-bond donors (Lipinski definition) is 1. The summed E-state index contributed by atoms with van der Waals surface area (Å²) in [6.07, 6.45) is 0.750. The van der Waals surface area contributed by atoms with Gasteiger partial charge in [0.2, 0.25) is 5.75 Å². The van der Waals surface area contributed by atoms with Gasteiger partial charge in [0.15, 0.2) is 11.5 Å². The summed E-state index contributed by atoms with van der Waals surface area (Å²) in [5.74, 6) is 1.21. The van der Waals surface area contributed by atoms with Gasteiger partial charge in [0.25, 0.3) is 5.91 Å². The van der Waals surface area contributed by atoms with E-state index >= 15 is 0 Å². The monoisotopic (exact) mass is 476 g/mol. The molecule has 0 saturated carbocycles. The van der Waals surface area contributed by atoms with Crippen molar-refractivity contribution >= 4 is 28.4 Å². The van der Waals surface area contributed by atoms with Gasteiger partial charge in [-0.25, -0.2) is 0 Å². The summed E-state index contributed by atoms with van der Waals surface area (Å²) in [5, 5.41) is 1.84. The van der Waals surface area contributed by atoms with Gasteiger partial charge in [0, 0.05) is 33.7 Å². The number of nitrogens with one attached hydrogen (secondary N) is 1. The van der Waals surface area contributed by atoms with Crippen molar-refractivity contribution in [1.29, 1.82) is 0 Å². The van der Waals surface area contributed by atoms with Crippen LogP contribution in [-0.4, -0.2) is 43.7 Å². The number of fused-ring (bicyclic) bond motifs is 3. The number of amides is 1. The molecular formula is C27H25ClN2O4. The van der Waals surface area contributed by atoms with Crippen molar-refractivity contribution in [2.75, 3.05) is 27.9 Å². The molecule has 4 aromatic rings. The van der Waals surface area contributed by atoms with E-state index in [-0.39, 0.29) is 11.9 Å². The molecule has 3 aromatic carbocycles. The molecule has 0 unspecified atom stereocenters. The average Bonchev–Trinajstić information content (AvgIpc) is 3.26. The molecule has 1 atom stereocenters. The Balaban J connectivity index is 1.64. The lowest BCUT2D eigenvalue weighted by Gasteiger charge is -2.36. The van der Waals surface area contributed by atoms with E-state index in [1.807, 2.05) is 41.3 Å². The Morgan fingerprint density at radius 3 is 2.29 bits per heavy atom. The molecule has 0 fully saturated rings. The van der Waals surface area contributed by atoms with Crippen LogP contribution in [0.4, 0.5) is 0 Å². The molecule has 1 amide bonds. The van der Waals surface area contributed by atoms with Crippen molar-refractivity contribution in [3.05, 3.63) is 88.1 Å². The molecule has 6 nitrogen and oxygen atoms in total. The largest absolute Gasteiger partial charge is 0.493 e. The maximum atomic E-state index is 13.9. The first-order valence-electron chi connectivity index (χ1n) is 11.0. The molecule has 0 saturated heterocycles. The van der Waals surface area contributed by atoms with Crippen LogP contribution in [0.3, 0.4) is 0 Å². The Bertz CT molecular complexity index is 1340. The molecular weight excluding hydrogens is 452 g/mol. The molecule has 1 N–H and O–H groups in total. The van der Waals surface area contributed by atoms with Crippen LogP contribution in [0.5, 0.6) is 17.2 Å². The first-order valence-corrected chi connectivity index (χ1v) is 11.4. The van der Waals surface area contributed by atoms with E-state index in [1.165, 1.54) is 10.9 Å². The molecule has 0 radical (unpaired) electrons.